The van der Waals surface area contributed by atoms with Crippen LogP contribution in [0.2, 0.25) is 0 Å². The fraction of sp³-hybridized carbons (Fsp3) is 0.364. The molecule has 0 atom stereocenters. The Kier molecular flexibility index (Phi) is 5.59. The summed E-state index contributed by atoms with van der Waals surface area (Å²) in [6.45, 7) is 0.626. The van der Waals surface area contributed by atoms with Gasteiger partial charge in [0.2, 0.25) is 5.91 Å². The molecule has 0 aliphatic carbocycles. The Morgan fingerprint density at radius 2 is 2.22 bits per heavy atom. The summed E-state index contributed by atoms with van der Waals surface area (Å²) < 4.78 is 4.76. The zero-order valence-corrected chi connectivity index (χ0v) is 9.97. The Labute approximate surface area is 104 Å². The lowest BCUT2D eigenvalue weighted by atomic mass is 10.2. The van der Waals surface area contributed by atoms with Gasteiger partial charge in [0.15, 0.2) is 0 Å². The van der Waals surface area contributed by atoms with E-state index in [9.17, 15) is 14.7 Å². The van der Waals surface area contributed by atoms with Crippen molar-refractivity contribution in [3.8, 4) is 5.75 Å². The molecule has 98 valence electrons. The zero-order valence-electron chi connectivity index (χ0n) is 9.97. The minimum absolute atomic E-state index is 0.0784. The molecule has 7 nitrogen and oxygen atoms in total. The van der Waals surface area contributed by atoms with Crippen LogP contribution in [0.15, 0.2) is 18.5 Å². The number of nitrogens with one attached hydrogen (secondary N) is 2. The van der Waals surface area contributed by atoms with Gasteiger partial charge in [0.1, 0.15) is 5.75 Å². The van der Waals surface area contributed by atoms with Crippen LogP contribution in [-0.4, -0.2) is 48.7 Å². The van der Waals surface area contributed by atoms with Gasteiger partial charge in [0.25, 0.3) is 5.91 Å². The zero-order chi connectivity index (χ0) is 13.4. The molecule has 0 unspecified atom stereocenters. The lowest BCUT2D eigenvalue weighted by Gasteiger charge is -2.07. The van der Waals surface area contributed by atoms with Crippen molar-refractivity contribution in [1.82, 2.24) is 15.6 Å². The molecular weight excluding hydrogens is 238 g/mol. The first-order valence-electron chi connectivity index (χ1n) is 5.32. The molecule has 0 aliphatic rings. The van der Waals surface area contributed by atoms with E-state index in [-0.39, 0.29) is 23.8 Å². The van der Waals surface area contributed by atoms with E-state index in [1.165, 1.54) is 19.4 Å². The fourth-order valence-corrected chi connectivity index (χ4v) is 1.19. The predicted molar refractivity (Wildman–Crippen MR) is 63.1 cm³/mol. The molecule has 2 amide bonds. The highest BCUT2D eigenvalue weighted by atomic mass is 16.5. The number of rotatable bonds is 6. The Morgan fingerprint density at radius 3 is 2.89 bits per heavy atom. The quantitative estimate of drug-likeness (QED) is 0.581. The number of nitrogens with zero attached hydrogens (tertiary/aromatic N) is 1. The van der Waals surface area contributed by atoms with E-state index in [4.69, 9.17) is 4.74 Å². The van der Waals surface area contributed by atoms with Crippen molar-refractivity contribution in [2.24, 2.45) is 0 Å². The standard InChI is InChI=1S/C11H15N3O4/c1-18-5-4-13-10(16)7-14-11(17)8-2-3-12-6-9(8)15/h2-3,6,15H,4-5,7H2,1H3,(H,13,16)(H,14,17). The van der Waals surface area contributed by atoms with Crippen LogP contribution in [0.3, 0.4) is 0 Å². The third kappa shape index (κ3) is 4.38. The van der Waals surface area contributed by atoms with Gasteiger partial charge < -0.3 is 20.5 Å². The Bertz CT molecular complexity index is 423. The second-order valence-corrected chi connectivity index (χ2v) is 3.42. The van der Waals surface area contributed by atoms with E-state index in [0.717, 1.165) is 6.20 Å². The normalized spacial score (nSPS) is 9.83. The lowest BCUT2D eigenvalue weighted by Crippen LogP contribution is -2.38. The molecule has 0 bridgehead atoms. The monoisotopic (exact) mass is 253 g/mol. The smallest absolute Gasteiger partial charge is 0.255 e. The molecule has 0 radical (unpaired) electrons. The van der Waals surface area contributed by atoms with Crippen LogP contribution < -0.4 is 10.6 Å². The third-order valence-electron chi connectivity index (χ3n) is 2.08. The van der Waals surface area contributed by atoms with Gasteiger partial charge >= 0.3 is 0 Å². The van der Waals surface area contributed by atoms with Crippen LogP contribution in [0, 0.1) is 0 Å². The number of carbonyl (C=O) groups excluding carboxylic acids is 2. The van der Waals surface area contributed by atoms with E-state index in [1.54, 1.807) is 0 Å². The largest absolute Gasteiger partial charge is 0.505 e. The Morgan fingerprint density at radius 1 is 1.44 bits per heavy atom. The van der Waals surface area contributed by atoms with E-state index in [2.05, 4.69) is 15.6 Å². The van der Waals surface area contributed by atoms with Crippen molar-refractivity contribution in [2.45, 2.75) is 0 Å². The molecule has 1 aromatic heterocycles. The summed E-state index contributed by atoms with van der Waals surface area (Å²) in [5.74, 6) is -1.08. The molecule has 3 N–H and O–H groups in total. The first-order valence-corrected chi connectivity index (χ1v) is 5.32. The van der Waals surface area contributed by atoms with E-state index in [0.29, 0.717) is 13.2 Å². The number of hydrogen-bond acceptors (Lipinski definition) is 5. The maximum atomic E-state index is 11.6. The van der Waals surface area contributed by atoms with E-state index in [1.807, 2.05) is 0 Å². The topological polar surface area (TPSA) is 101 Å². The van der Waals surface area contributed by atoms with Crippen LogP contribution in [-0.2, 0) is 9.53 Å². The van der Waals surface area contributed by atoms with Gasteiger partial charge in [0.05, 0.1) is 24.9 Å². The Balaban J connectivity index is 2.38. The maximum absolute atomic E-state index is 11.6. The molecule has 0 fully saturated rings. The lowest BCUT2D eigenvalue weighted by molar-refractivity contribution is -0.120. The number of aromatic hydroxyl groups is 1. The average Bonchev–Trinajstić information content (AvgIpc) is 2.37. The van der Waals surface area contributed by atoms with Crippen LogP contribution in [0.5, 0.6) is 5.75 Å². The fourth-order valence-electron chi connectivity index (χ4n) is 1.19. The summed E-state index contributed by atoms with van der Waals surface area (Å²) in [7, 11) is 1.53. The van der Waals surface area contributed by atoms with Crippen LogP contribution >= 0.6 is 0 Å². The van der Waals surface area contributed by atoms with Gasteiger partial charge in [-0.1, -0.05) is 0 Å². The van der Waals surface area contributed by atoms with E-state index >= 15 is 0 Å². The average molecular weight is 253 g/mol. The minimum Gasteiger partial charge on any atom is -0.505 e. The summed E-state index contributed by atoms with van der Waals surface area (Å²) in [4.78, 5) is 26.5. The van der Waals surface area contributed by atoms with Crippen LogP contribution in [0.4, 0.5) is 0 Å². The van der Waals surface area contributed by atoms with Gasteiger partial charge in [-0.3, -0.25) is 14.6 Å². The van der Waals surface area contributed by atoms with Crippen molar-refractivity contribution >= 4 is 11.8 Å². The molecule has 1 rings (SSSR count). The second-order valence-electron chi connectivity index (χ2n) is 3.42. The molecule has 0 spiro atoms. The van der Waals surface area contributed by atoms with Crippen molar-refractivity contribution in [1.29, 1.82) is 0 Å². The second kappa shape index (κ2) is 7.23. The summed E-state index contributed by atoms with van der Waals surface area (Å²) in [6, 6.07) is 1.37. The summed E-state index contributed by atoms with van der Waals surface area (Å²) >= 11 is 0. The van der Waals surface area contributed by atoms with Gasteiger partial charge in [-0.2, -0.15) is 0 Å². The van der Waals surface area contributed by atoms with Gasteiger partial charge in [0, 0.05) is 19.9 Å². The highest BCUT2D eigenvalue weighted by Crippen LogP contribution is 2.12. The highest BCUT2D eigenvalue weighted by Gasteiger charge is 2.11. The molecule has 0 saturated heterocycles. The number of aromatic nitrogens is 1. The van der Waals surface area contributed by atoms with Crippen molar-refractivity contribution < 1.29 is 19.4 Å². The molecule has 1 heterocycles. The van der Waals surface area contributed by atoms with Gasteiger partial charge in [-0.05, 0) is 6.07 Å². The number of ether oxygens (including phenoxy) is 1. The molecule has 0 aliphatic heterocycles. The molecule has 0 aromatic carbocycles. The SMILES string of the molecule is COCCNC(=O)CNC(=O)c1ccncc1O. The Hall–Kier alpha value is -2.15. The van der Waals surface area contributed by atoms with Gasteiger partial charge in [-0.15, -0.1) is 0 Å². The minimum atomic E-state index is -0.531. The maximum Gasteiger partial charge on any atom is 0.255 e. The van der Waals surface area contributed by atoms with Crippen molar-refractivity contribution in [2.75, 3.05) is 26.8 Å². The number of hydrogen-bond donors (Lipinski definition) is 3. The molecule has 18 heavy (non-hydrogen) atoms. The molecule has 7 heteroatoms. The number of amides is 2. The van der Waals surface area contributed by atoms with Crippen LogP contribution in [0.1, 0.15) is 10.4 Å². The van der Waals surface area contributed by atoms with Crippen molar-refractivity contribution in [3.05, 3.63) is 24.0 Å². The van der Waals surface area contributed by atoms with Crippen molar-refractivity contribution in [3.63, 3.8) is 0 Å². The van der Waals surface area contributed by atoms with Crippen LogP contribution in [0.25, 0.3) is 0 Å². The molecular formula is C11H15N3O4. The number of carbonyl (C=O) groups is 2. The predicted octanol–water partition coefficient (Wildman–Crippen LogP) is -0.720. The first-order chi connectivity index (χ1) is 8.65. The van der Waals surface area contributed by atoms with E-state index < -0.39 is 5.91 Å². The summed E-state index contributed by atoms with van der Waals surface area (Å²) in [5, 5.41) is 14.3. The highest BCUT2D eigenvalue weighted by molar-refractivity contribution is 5.98. The third-order valence-corrected chi connectivity index (χ3v) is 2.08. The molecule has 1 aromatic rings. The summed E-state index contributed by atoms with van der Waals surface area (Å²) in [5.41, 5.74) is 0.0784. The number of pyridine rings is 1. The first kappa shape index (κ1) is 13.9. The molecule has 0 saturated carbocycles. The van der Waals surface area contributed by atoms with Gasteiger partial charge in [-0.25, -0.2) is 0 Å². The number of methoxy groups -OCH3 is 1. The summed E-state index contributed by atoms with van der Waals surface area (Å²) in [6.07, 6.45) is 2.54.